The van der Waals surface area contributed by atoms with Crippen molar-refractivity contribution < 1.29 is 18.7 Å². The second-order valence-electron chi connectivity index (χ2n) is 6.73. The average molecular weight is 386 g/mol. The molecule has 0 spiro atoms. The maximum absolute atomic E-state index is 13.2. The molecule has 0 aliphatic rings. The number of amides is 2. The number of carbonyl (C=O) groups excluding carboxylic acids is 2. The Morgan fingerprint density at radius 3 is 2.36 bits per heavy atom. The van der Waals surface area contributed by atoms with Crippen LogP contribution in [0.3, 0.4) is 0 Å². The number of methoxy groups -OCH3 is 1. The van der Waals surface area contributed by atoms with Crippen molar-refractivity contribution in [1.29, 1.82) is 0 Å². The molecule has 0 unspecified atom stereocenters. The summed E-state index contributed by atoms with van der Waals surface area (Å²) in [6, 6.07) is 14.0. The molecule has 0 fully saturated rings. The van der Waals surface area contributed by atoms with E-state index >= 15 is 0 Å². The van der Waals surface area contributed by atoms with Crippen molar-refractivity contribution in [1.82, 2.24) is 10.6 Å². The predicted molar refractivity (Wildman–Crippen MR) is 106 cm³/mol. The van der Waals surface area contributed by atoms with Crippen LogP contribution in [0.15, 0.2) is 48.5 Å². The number of rotatable bonds is 10. The maximum Gasteiger partial charge on any atom is 0.245 e. The van der Waals surface area contributed by atoms with Gasteiger partial charge in [0, 0.05) is 20.6 Å². The summed E-state index contributed by atoms with van der Waals surface area (Å²) in [7, 11) is 1.48. The largest absolute Gasteiger partial charge is 0.382 e. The van der Waals surface area contributed by atoms with Gasteiger partial charge in [0.05, 0.1) is 6.61 Å². The maximum atomic E-state index is 13.2. The van der Waals surface area contributed by atoms with Crippen molar-refractivity contribution in [3.8, 4) is 0 Å². The topological polar surface area (TPSA) is 67.4 Å². The number of benzene rings is 2. The lowest BCUT2D eigenvalue weighted by molar-refractivity contribution is -0.129. The van der Waals surface area contributed by atoms with E-state index in [1.807, 2.05) is 30.3 Å². The number of carbonyl (C=O) groups is 2. The number of halogens is 1. The zero-order valence-corrected chi connectivity index (χ0v) is 16.3. The van der Waals surface area contributed by atoms with Crippen molar-refractivity contribution in [2.75, 3.05) is 13.7 Å². The van der Waals surface area contributed by atoms with E-state index in [0.29, 0.717) is 6.54 Å². The highest BCUT2D eigenvalue weighted by Crippen LogP contribution is 2.11. The highest BCUT2D eigenvalue weighted by molar-refractivity contribution is 5.86. The van der Waals surface area contributed by atoms with Gasteiger partial charge in [0.25, 0.3) is 0 Å². The second kappa shape index (κ2) is 11.2. The van der Waals surface area contributed by atoms with E-state index in [9.17, 15) is 14.0 Å². The zero-order valence-electron chi connectivity index (χ0n) is 16.3. The Morgan fingerprint density at radius 1 is 1.04 bits per heavy atom. The van der Waals surface area contributed by atoms with Crippen LogP contribution in [0.5, 0.6) is 0 Å². The second-order valence-corrected chi connectivity index (χ2v) is 6.73. The van der Waals surface area contributed by atoms with E-state index in [1.54, 1.807) is 12.1 Å². The quantitative estimate of drug-likeness (QED) is 0.660. The van der Waals surface area contributed by atoms with Gasteiger partial charge in [-0.3, -0.25) is 9.59 Å². The summed E-state index contributed by atoms with van der Waals surface area (Å²) in [5.41, 5.74) is 3.17. The Balaban J connectivity index is 1.78. The molecule has 6 heteroatoms. The number of hydrogen-bond donors (Lipinski definition) is 2. The average Bonchev–Trinajstić information content (AvgIpc) is 2.66. The number of hydrogen-bond acceptors (Lipinski definition) is 3. The number of nitrogens with one attached hydrogen (secondary N) is 2. The molecule has 2 N–H and O–H groups in total. The van der Waals surface area contributed by atoms with E-state index < -0.39 is 6.04 Å². The smallest absolute Gasteiger partial charge is 0.245 e. The Morgan fingerprint density at radius 2 is 1.71 bits per heavy atom. The molecular weight excluding hydrogens is 359 g/mol. The van der Waals surface area contributed by atoms with Gasteiger partial charge in [-0.2, -0.15) is 0 Å². The summed E-state index contributed by atoms with van der Waals surface area (Å²) in [6.45, 7) is 1.86. The molecule has 2 aromatic carbocycles. The molecule has 0 aliphatic heterocycles. The summed E-state index contributed by atoms with van der Waals surface area (Å²) >= 11 is 0. The van der Waals surface area contributed by atoms with Crippen molar-refractivity contribution in [2.45, 2.75) is 38.8 Å². The van der Waals surface area contributed by atoms with Crippen LogP contribution in [0, 0.1) is 5.82 Å². The number of aryl methyl sites for hydroxylation is 2. The first-order chi connectivity index (χ1) is 13.5. The van der Waals surface area contributed by atoms with Crippen LogP contribution in [-0.2, 0) is 33.7 Å². The standard InChI is InChI=1S/C22H27FN2O3/c1-16(26)25-21(15-28-2)22(27)24-14-19-11-9-17(10-12-19)5-3-6-18-7-4-8-20(23)13-18/h4,7-13,21H,3,5-6,14-15H2,1-2H3,(H,24,27)(H,25,26)/t21-/m1/s1. The van der Waals surface area contributed by atoms with Gasteiger partial charge >= 0.3 is 0 Å². The Labute approximate surface area is 165 Å². The Bertz CT molecular complexity index is 778. The van der Waals surface area contributed by atoms with Crippen LogP contribution >= 0.6 is 0 Å². The minimum atomic E-state index is -0.704. The molecule has 0 radical (unpaired) electrons. The summed E-state index contributed by atoms with van der Waals surface area (Å²) in [4.78, 5) is 23.3. The molecule has 28 heavy (non-hydrogen) atoms. The fraction of sp³-hybridized carbons (Fsp3) is 0.364. The van der Waals surface area contributed by atoms with Crippen LogP contribution in [-0.4, -0.2) is 31.6 Å². The van der Waals surface area contributed by atoms with Gasteiger partial charge in [0.1, 0.15) is 11.9 Å². The lowest BCUT2D eigenvalue weighted by atomic mass is 10.0. The molecule has 150 valence electrons. The summed E-state index contributed by atoms with van der Waals surface area (Å²) in [5.74, 6) is -0.758. The first-order valence-corrected chi connectivity index (χ1v) is 9.34. The summed E-state index contributed by atoms with van der Waals surface area (Å²) in [5, 5.41) is 5.38. The lowest BCUT2D eigenvalue weighted by Crippen LogP contribution is -2.48. The van der Waals surface area contributed by atoms with Gasteiger partial charge in [-0.25, -0.2) is 4.39 Å². The molecule has 0 heterocycles. The molecule has 2 aromatic rings. The first kappa shape index (κ1) is 21.6. The van der Waals surface area contributed by atoms with Gasteiger partial charge in [0.15, 0.2) is 0 Å². The first-order valence-electron chi connectivity index (χ1n) is 9.34. The van der Waals surface area contributed by atoms with E-state index in [1.165, 1.54) is 25.7 Å². The monoisotopic (exact) mass is 386 g/mol. The van der Waals surface area contributed by atoms with Crippen LogP contribution in [0.4, 0.5) is 4.39 Å². The molecule has 5 nitrogen and oxygen atoms in total. The Hall–Kier alpha value is -2.73. The molecule has 0 aliphatic carbocycles. The van der Waals surface area contributed by atoms with Gasteiger partial charge in [-0.1, -0.05) is 36.4 Å². The summed E-state index contributed by atoms with van der Waals surface area (Å²) in [6.07, 6.45) is 2.68. The highest BCUT2D eigenvalue weighted by Gasteiger charge is 2.18. The normalized spacial score (nSPS) is 11.7. The molecule has 0 bridgehead atoms. The molecule has 2 rings (SSSR count). The highest BCUT2D eigenvalue weighted by atomic mass is 19.1. The Kier molecular flexibility index (Phi) is 8.62. The summed E-state index contributed by atoms with van der Waals surface area (Å²) < 4.78 is 18.2. The van der Waals surface area contributed by atoms with Crippen LogP contribution in [0.2, 0.25) is 0 Å². The van der Waals surface area contributed by atoms with E-state index in [4.69, 9.17) is 4.74 Å². The minimum Gasteiger partial charge on any atom is -0.382 e. The van der Waals surface area contributed by atoms with Crippen molar-refractivity contribution >= 4 is 11.8 Å². The van der Waals surface area contributed by atoms with E-state index in [0.717, 1.165) is 30.4 Å². The molecule has 0 aromatic heterocycles. The van der Waals surface area contributed by atoms with E-state index in [-0.39, 0.29) is 24.2 Å². The third-order valence-corrected chi connectivity index (χ3v) is 4.34. The molecule has 2 amide bonds. The molecule has 0 saturated heterocycles. The van der Waals surface area contributed by atoms with Crippen LogP contribution in [0.1, 0.15) is 30.0 Å². The van der Waals surface area contributed by atoms with E-state index in [2.05, 4.69) is 10.6 Å². The van der Waals surface area contributed by atoms with Crippen LogP contribution in [0.25, 0.3) is 0 Å². The van der Waals surface area contributed by atoms with Crippen molar-refractivity contribution in [3.05, 3.63) is 71.0 Å². The van der Waals surface area contributed by atoms with Crippen molar-refractivity contribution in [3.63, 3.8) is 0 Å². The lowest BCUT2D eigenvalue weighted by Gasteiger charge is -2.16. The fourth-order valence-corrected chi connectivity index (χ4v) is 2.92. The third kappa shape index (κ3) is 7.48. The van der Waals surface area contributed by atoms with Crippen molar-refractivity contribution in [2.24, 2.45) is 0 Å². The van der Waals surface area contributed by atoms with Gasteiger partial charge in [-0.05, 0) is 48.1 Å². The number of ether oxygens (including phenoxy) is 1. The zero-order chi connectivity index (χ0) is 20.4. The third-order valence-electron chi connectivity index (χ3n) is 4.34. The van der Waals surface area contributed by atoms with Crippen LogP contribution < -0.4 is 10.6 Å². The van der Waals surface area contributed by atoms with Gasteiger partial charge in [0.2, 0.25) is 11.8 Å². The van der Waals surface area contributed by atoms with Gasteiger partial charge < -0.3 is 15.4 Å². The molecule has 0 saturated carbocycles. The molecular formula is C22H27FN2O3. The minimum absolute atomic E-state index is 0.121. The van der Waals surface area contributed by atoms with Gasteiger partial charge in [-0.15, -0.1) is 0 Å². The fourth-order valence-electron chi connectivity index (χ4n) is 2.92. The predicted octanol–water partition coefficient (Wildman–Crippen LogP) is 2.77. The molecule has 1 atom stereocenters. The SMILES string of the molecule is COC[C@@H](NC(C)=O)C(=O)NCc1ccc(CCCc2cccc(F)c2)cc1.